The van der Waals surface area contributed by atoms with E-state index in [0.717, 1.165) is 12.0 Å². The SMILES string of the molecule is C.C.CC1CCCN(C)C1C. The molecule has 0 bridgehead atoms. The van der Waals surface area contributed by atoms with Crippen molar-refractivity contribution in [2.24, 2.45) is 5.92 Å². The average molecular weight is 159 g/mol. The molecule has 1 heterocycles. The van der Waals surface area contributed by atoms with Gasteiger partial charge in [-0.3, -0.25) is 0 Å². The summed E-state index contributed by atoms with van der Waals surface area (Å²) >= 11 is 0. The Morgan fingerprint density at radius 3 is 2.09 bits per heavy atom. The molecule has 2 atom stereocenters. The minimum Gasteiger partial charge on any atom is -0.303 e. The van der Waals surface area contributed by atoms with E-state index in [1.807, 2.05) is 0 Å². The van der Waals surface area contributed by atoms with Gasteiger partial charge in [-0.2, -0.15) is 0 Å². The van der Waals surface area contributed by atoms with Crippen molar-refractivity contribution in [2.75, 3.05) is 13.6 Å². The van der Waals surface area contributed by atoms with Gasteiger partial charge >= 0.3 is 0 Å². The molecule has 11 heavy (non-hydrogen) atoms. The third-order valence-electron chi connectivity index (χ3n) is 2.69. The summed E-state index contributed by atoms with van der Waals surface area (Å²) in [6.07, 6.45) is 2.81. The van der Waals surface area contributed by atoms with Crippen molar-refractivity contribution in [1.82, 2.24) is 4.90 Å². The summed E-state index contributed by atoms with van der Waals surface area (Å²) in [5.74, 6) is 0.906. The van der Waals surface area contributed by atoms with E-state index in [0.29, 0.717) is 0 Å². The van der Waals surface area contributed by atoms with Gasteiger partial charge in [-0.1, -0.05) is 21.8 Å². The molecule has 0 N–H and O–H groups in total. The minimum atomic E-state index is 0. The number of likely N-dealkylation sites (tertiary alicyclic amines) is 1. The molecule has 1 rings (SSSR count). The summed E-state index contributed by atoms with van der Waals surface area (Å²) in [7, 11) is 2.22. The van der Waals surface area contributed by atoms with Gasteiger partial charge in [-0.05, 0) is 39.3 Å². The van der Waals surface area contributed by atoms with E-state index in [-0.39, 0.29) is 14.9 Å². The Morgan fingerprint density at radius 2 is 1.73 bits per heavy atom. The second-order valence-corrected chi connectivity index (χ2v) is 3.34. The van der Waals surface area contributed by atoms with E-state index in [1.165, 1.54) is 19.4 Å². The van der Waals surface area contributed by atoms with Crippen molar-refractivity contribution < 1.29 is 0 Å². The third-order valence-corrected chi connectivity index (χ3v) is 2.69. The Kier molecular flexibility index (Phi) is 6.88. The first kappa shape index (κ1) is 13.5. The molecule has 1 aliphatic rings. The van der Waals surface area contributed by atoms with Gasteiger partial charge in [0.1, 0.15) is 0 Å². The van der Waals surface area contributed by atoms with Crippen LogP contribution in [0.2, 0.25) is 0 Å². The van der Waals surface area contributed by atoms with Crippen LogP contribution in [0.5, 0.6) is 0 Å². The van der Waals surface area contributed by atoms with Gasteiger partial charge < -0.3 is 4.90 Å². The third kappa shape index (κ3) is 3.24. The zero-order valence-electron chi connectivity index (χ0n) is 6.72. The monoisotopic (exact) mass is 159 g/mol. The number of hydrogen-bond donors (Lipinski definition) is 0. The molecule has 0 amide bonds. The zero-order chi connectivity index (χ0) is 6.85. The fourth-order valence-electron chi connectivity index (χ4n) is 1.54. The molecule has 0 saturated carbocycles. The lowest BCUT2D eigenvalue weighted by molar-refractivity contribution is 0.145. The van der Waals surface area contributed by atoms with E-state index in [9.17, 15) is 0 Å². The molecule has 1 aliphatic heterocycles. The van der Waals surface area contributed by atoms with Gasteiger partial charge in [0.15, 0.2) is 0 Å². The molecule has 0 aromatic carbocycles. The van der Waals surface area contributed by atoms with Crippen molar-refractivity contribution in [1.29, 1.82) is 0 Å². The van der Waals surface area contributed by atoms with Gasteiger partial charge in [-0.25, -0.2) is 0 Å². The van der Waals surface area contributed by atoms with E-state index >= 15 is 0 Å². The molecule has 1 fully saturated rings. The first-order valence-corrected chi connectivity index (χ1v) is 3.92. The molecule has 0 spiro atoms. The average Bonchev–Trinajstić information content (AvgIpc) is 1.83. The lowest BCUT2D eigenvalue weighted by atomic mass is 9.93. The predicted octanol–water partition coefficient (Wildman–Crippen LogP) is 3.01. The predicted molar refractivity (Wildman–Crippen MR) is 54.0 cm³/mol. The largest absolute Gasteiger partial charge is 0.303 e. The minimum absolute atomic E-state index is 0. The number of hydrogen-bond acceptors (Lipinski definition) is 1. The molecule has 1 heteroatoms. The van der Waals surface area contributed by atoms with Crippen LogP contribution in [0.25, 0.3) is 0 Å². The van der Waals surface area contributed by atoms with Crippen LogP contribution in [0, 0.1) is 5.92 Å². The van der Waals surface area contributed by atoms with E-state index in [1.54, 1.807) is 0 Å². The van der Waals surface area contributed by atoms with Gasteiger partial charge in [0, 0.05) is 6.04 Å². The molecule has 0 aromatic rings. The topological polar surface area (TPSA) is 3.24 Å². The number of rotatable bonds is 0. The van der Waals surface area contributed by atoms with Gasteiger partial charge in [0.05, 0.1) is 0 Å². The summed E-state index contributed by atoms with van der Waals surface area (Å²) in [5, 5.41) is 0. The number of piperidine rings is 1. The van der Waals surface area contributed by atoms with Crippen LogP contribution in [0.3, 0.4) is 0 Å². The first-order valence-electron chi connectivity index (χ1n) is 3.92. The smallest absolute Gasteiger partial charge is 0.00895 e. The number of nitrogens with zero attached hydrogens (tertiary/aromatic N) is 1. The van der Waals surface area contributed by atoms with Crippen molar-refractivity contribution in [3.05, 3.63) is 0 Å². The summed E-state index contributed by atoms with van der Waals surface area (Å²) in [6, 6.07) is 0.804. The van der Waals surface area contributed by atoms with Crippen molar-refractivity contribution in [2.45, 2.75) is 47.6 Å². The van der Waals surface area contributed by atoms with Gasteiger partial charge in [0.25, 0.3) is 0 Å². The molecule has 1 nitrogen and oxygen atoms in total. The summed E-state index contributed by atoms with van der Waals surface area (Å²) in [5.41, 5.74) is 0. The highest BCUT2D eigenvalue weighted by Gasteiger charge is 2.20. The van der Waals surface area contributed by atoms with Crippen molar-refractivity contribution in [3.63, 3.8) is 0 Å². The first-order chi connectivity index (χ1) is 4.22. The van der Waals surface area contributed by atoms with Crippen LogP contribution in [0.15, 0.2) is 0 Å². The second-order valence-electron chi connectivity index (χ2n) is 3.34. The van der Waals surface area contributed by atoms with Gasteiger partial charge in [-0.15, -0.1) is 0 Å². The van der Waals surface area contributed by atoms with Crippen LogP contribution in [0.1, 0.15) is 41.5 Å². The summed E-state index contributed by atoms with van der Waals surface area (Å²) in [4.78, 5) is 2.45. The molecule has 1 saturated heterocycles. The Bertz CT molecular complexity index is 80.9. The Labute approximate surface area is 72.8 Å². The maximum absolute atomic E-state index is 2.45. The molecule has 70 valence electrons. The van der Waals surface area contributed by atoms with Crippen LogP contribution >= 0.6 is 0 Å². The Morgan fingerprint density at radius 1 is 1.18 bits per heavy atom. The van der Waals surface area contributed by atoms with Crippen LogP contribution < -0.4 is 0 Å². The molecule has 0 radical (unpaired) electrons. The van der Waals surface area contributed by atoms with Crippen LogP contribution in [-0.4, -0.2) is 24.5 Å². The lowest BCUT2D eigenvalue weighted by Crippen LogP contribution is -2.39. The second kappa shape index (κ2) is 5.59. The maximum Gasteiger partial charge on any atom is 0.00895 e. The van der Waals surface area contributed by atoms with Crippen LogP contribution in [-0.2, 0) is 0 Å². The van der Waals surface area contributed by atoms with E-state index < -0.39 is 0 Å². The molecule has 0 aromatic heterocycles. The Hall–Kier alpha value is -0.0400. The molecule has 0 aliphatic carbocycles. The molecular formula is C10H25N. The normalized spacial score (nSPS) is 31.9. The van der Waals surface area contributed by atoms with Gasteiger partial charge in [0.2, 0.25) is 0 Å². The standard InChI is InChI=1S/C8H17N.2CH4/c1-7-5-4-6-9(3)8(7)2;;/h7-8H,4-6H2,1-3H3;2*1H4. The Balaban J connectivity index is 0. The quantitative estimate of drug-likeness (QED) is 0.525. The van der Waals surface area contributed by atoms with E-state index in [4.69, 9.17) is 0 Å². The fourth-order valence-corrected chi connectivity index (χ4v) is 1.54. The zero-order valence-corrected chi connectivity index (χ0v) is 6.72. The maximum atomic E-state index is 2.45. The van der Waals surface area contributed by atoms with Crippen LogP contribution in [0.4, 0.5) is 0 Å². The van der Waals surface area contributed by atoms with Crippen molar-refractivity contribution >= 4 is 0 Å². The van der Waals surface area contributed by atoms with E-state index in [2.05, 4.69) is 25.8 Å². The highest BCUT2D eigenvalue weighted by Crippen LogP contribution is 2.20. The molecule has 2 unspecified atom stereocenters. The highest BCUT2D eigenvalue weighted by atomic mass is 15.1. The van der Waals surface area contributed by atoms with Crippen molar-refractivity contribution in [3.8, 4) is 0 Å². The highest BCUT2D eigenvalue weighted by molar-refractivity contribution is 4.75. The lowest BCUT2D eigenvalue weighted by Gasteiger charge is -2.34. The molecular weight excluding hydrogens is 134 g/mol. The summed E-state index contributed by atoms with van der Waals surface area (Å²) < 4.78 is 0. The summed E-state index contributed by atoms with van der Waals surface area (Å²) in [6.45, 7) is 5.97. The fraction of sp³-hybridized carbons (Fsp3) is 1.00.